The molecule has 0 bridgehead atoms. The number of aliphatic hydroxyl groups excluding tert-OH is 2. The molecule has 0 heterocycles. The number of aryl methyl sites for hydroxylation is 1. The standard InChI is InChI=1S/C22H23FN2O7/c1-7-4-11(23)16(26)13-9(7)5-8-6-10-15(25(2)3)18(28)14(21(24)31)20(30)22(10,32)19(29)12(8)17(13)27/h4,8,10,15,26-27,30,32H,5-6H2,1-3H3,(H2,24,31)/t8-,10-,15?,22-/m0/s1. The molecule has 1 fully saturated rings. The summed E-state index contributed by atoms with van der Waals surface area (Å²) in [5.41, 5.74) is 2.01. The fourth-order valence-electron chi connectivity index (χ4n) is 5.46. The lowest BCUT2D eigenvalue weighted by atomic mass is 9.57. The molecular formula is C22H23FN2O7. The van der Waals surface area contributed by atoms with Gasteiger partial charge in [-0.05, 0) is 57.0 Å². The first-order valence-corrected chi connectivity index (χ1v) is 9.99. The zero-order chi connectivity index (χ0) is 23.9. The Morgan fingerprint density at radius 3 is 2.44 bits per heavy atom. The van der Waals surface area contributed by atoms with E-state index in [0.29, 0.717) is 11.1 Å². The van der Waals surface area contributed by atoms with Crippen LogP contribution in [-0.4, -0.2) is 68.5 Å². The summed E-state index contributed by atoms with van der Waals surface area (Å²) in [7, 11) is 3.05. The van der Waals surface area contributed by atoms with Gasteiger partial charge < -0.3 is 26.2 Å². The number of primary amides is 1. The van der Waals surface area contributed by atoms with Crippen LogP contribution in [0.25, 0.3) is 5.76 Å². The number of amides is 1. The van der Waals surface area contributed by atoms with Crippen molar-refractivity contribution in [2.45, 2.75) is 31.4 Å². The van der Waals surface area contributed by atoms with Gasteiger partial charge >= 0.3 is 0 Å². The molecule has 0 saturated heterocycles. The van der Waals surface area contributed by atoms with E-state index < -0.39 is 69.6 Å². The Kier molecular flexibility index (Phi) is 4.72. The minimum atomic E-state index is -2.71. The van der Waals surface area contributed by atoms with Crippen molar-refractivity contribution in [2.24, 2.45) is 17.6 Å². The van der Waals surface area contributed by atoms with Crippen LogP contribution in [-0.2, 0) is 20.8 Å². The molecule has 9 nitrogen and oxygen atoms in total. The summed E-state index contributed by atoms with van der Waals surface area (Å²) in [6.45, 7) is 1.60. The molecule has 170 valence electrons. The molecule has 32 heavy (non-hydrogen) atoms. The van der Waals surface area contributed by atoms with E-state index in [1.807, 2.05) is 0 Å². The Morgan fingerprint density at radius 1 is 1.25 bits per heavy atom. The Bertz CT molecular complexity index is 1170. The van der Waals surface area contributed by atoms with E-state index in [9.17, 15) is 39.2 Å². The number of carbonyl (C=O) groups excluding carboxylic acids is 3. The number of halogens is 1. The third-order valence-corrected chi connectivity index (χ3v) is 6.90. The highest BCUT2D eigenvalue weighted by Crippen LogP contribution is 2.53. The molecule has 4 rings (SSSR count). The van der Waals surface area contributed by atoms with Crippen LogP contribution in [0.4, 0.5) is 4.39 Å². The zero-order valence-electron chi connectivity index (χ0n) is 17.6. The molecule has 0 aliphatic heterocycles. The third-order valence-electron chi connectivity index (χ3n) is 6.90. The highest BCUT2D eigenvalue weighted by molar-refractivity contribution is 6.24. The molecule has 0 aromatic heterocycles. The summed E-state index contributed by atoms with van der Waals surface area (Å²) < 4.78 is 14.1. The first kappa shape index (κ1) is 22.0. The number of hydrogen-bond donors (Lipinski definition) is 5. The highest BCUT2D eigenvalue weighted by atomic mass is 19.1. The van der Waals surface area contributed by atoms with E-state index in [4.69, 9.17) is 5.73 Å². The van der Waals surface area contributed by atoms with Crippen LogP contribution in [0.3, 0.4) is 0 Å². The van der Waals surface area contributed by atoms with Crippen LogP contribution in [0.1, 0.15) is 23.1 Å². The molecule has 10 heteroatoms. The number of Topliss-reactive ketones (excluding diaryl/α,β-unsaturated/α-hetero) is 2. The number of aromatic hydroxyl groups is 1. The maximum absolute atomic E-state index is 14.1. The number of phenolic OH excluding ortho intramolecular Hbond substituents is 1. The SMILES string of the molecule is Cc1cc(F)c(O)c2c1C[C@H]1C[C@H]3C(N(C)C)C(=O)C(C(N)=O)=C(O)[C@@]3(O)C(=O)C1=C2O. The maximum atomic E-state index is 14.1. The lowest BCUT2D eigenvalue weighted by Crippen LogP contribution is -2.65. The topological polar surface area (TPSA) is 161 Å². The third kappa shape index (κ3) is 2.59. The summed E-state index contributed by atoms with van der Waals surface area (Å²) in [6.07, 6.45) is 0.123. The normalized spacial score (nSPS) is 29.8. The first-order chi connectivity index (χ1) is 14.8. The van der Waals surface area contributed by atoms with Gasteiger partial charge in [-0.2, -0.15) is 0 Å². The van der Waals surface area contributed by atoms with Crippen molar-refractivity contribution in [2.75, 3.05) is 14.1 Å². The summed E-state index contributed by atoms with van der Waals surface area (Å²) in [6, 6.07) is -0.0244. The van der Waals surface area contributed by atoms with Gasteiger partial charge in [0.2, 0.25) is 5.78 Å². The number of ketones is 2. The van der Waals surface area contributed by atoms with E-state index in [-0.39, 0.29) is 24.0 Å². The van der Waals surface area contributed by atoms with Gasteiger partial charge in [-0.1, -0.05) is 0 Å². The Labute approximate surface area is 182 Å². The van der Waals surface area contributed by atoms with Crippen molar-refractivity contribution in [3.05, 3.63) is 45.5 Å². The molecule has 1 aromatic carbocycles. The quantitative estimate of drug-likeness (QED) is 0.408. The van der Waals surface area contributed by atoms with Gasteiger partial charge in [0.25, 0.3) is 5.91 Å². The maximum Gasteiger partial charge on any atom is 0.255 e. The molecule has 1 aromatic rings. The molecule has 0 spiro atoms. The minimum Gasteiger partial charge on any atom is -0.508 e. The van der Waals surface area contributed by atoms with Gasteiger partial charge in [0, 0.05) is 11.5 Å². The number of carbonyl (C=O) groups is 3. The minimum absolute atomic E-state index is 0.0106. The van der Waals surface area contributed by atoms with E-state index in [1.165, 1.54) is 19.0 Å². The second-order valence-electron chi connectivity index (χ2n) is 8.84. The average Bonchev–Trinajstić information content (AvgIpc) is 2.68. The van der Waals surface area contributed by atoms with Gasteiger partial charge in [0.05, 0.1) is 11.6 Å². The van der Waals surface area contributed by atoms with Crippen LogP contribution in [0.15, 0.2) is 23.0 Å². The lowest BCUT2D eigenvalue weighted by molar-refractivity contribution is -0.153. The second-order valence-corrected chi connectivity index (χ2v) is 8.84. The van der Waals surface area contributed by atoms with Crippen molar-refractivity contribution < 1.29 is 39.2 Å². The molecule has 4 atom stereocenters. The van der Waals surface area contributed by atoms with Crippen molar-refractivity contribution in [1.82, 2.24) is 4.90 Å². The molecule has 1 amide bonds. The van der Waals surface area contributed by atoms with Crippen LogP contribution in [0.5, 0.6) is 5.75 Å². The molecule has 1 saturated carbocycles. The number of fused-ring (bicyclic) bond motifs is 3. The average molecular weight is 446 g/mol. The first-order valence-electron chi connectivity index (χ1n) is 9.99. The van der Waals surface area contributed by atoms with Gasteiger partial charge in [-0.3, -0.25) is 19.3 Å². The molecule has 3 aliphatic carbocycles. The van der Waals surface area contributed by atoms with Crippen LogP contribution >= 0.6 is 0 Å². The Morgan fingerprint density at radius 2 is 1.88 bits per heavy atom. The van der Waals surface area contributed by atoms with Crippen molar-refractivity contribution in [3.63, 3.8) is 0 Å². The van der Waals surface area contributed by atoms with Crippen LogP contribution < -0.4 is 5.73 Å². The van der Waals surface area contributed by atoms with Crippen molar-refractivity contribution >= 4 is 23.2 Å². The second kappa shape index (κ2) is 6.88. The fraction of sp³-hybridized carbons (Fsp3) is 0.409. The molecule has 1 unspecified atom stereocenters. The van der Waals surface area contributed by atoms with Gasteiger partial charge in [-0.15, -0.1) is 0 Å². The Hall–Kier alpha value is -3.24. The molecular weight excluding hydrogens is 423 g/mol. The molecule has 3 aliphatic rings. The van der Waals surface area contributed by atoms with Crippen LogP contribution in [0, 0.1) is 24.6 Å². The summed E-state index contributed by atoms with van der Waals surface area (Å²) in [5, 5.41) is 43.3. The largest absolute Gasteiger partial charge is 0.508 e. The fourth-order valence-corrected chi connectivity index (χ4v) is 5.46. The number of benzene rings is 1. The number of nitrogens with two attached hydrogens (primary N) is 1. The lowest BCUT2D eigenvalue weighted by Gasteiger charge is -2.50. The number of nitrogens with zero attached hydrogens (tertiary/aromatic N) is 1. The molecule has 0 radical (unpaired) electrons. The van der Waals surface area contributed by atoms with Gasteiger partial charge in [0.1, 0.15) is 17.1 Å². The predicted octanol–water partition coefficient (Wildman–Crippen LogP) is 0.412. The van der Waals surface area contributed by atoms with Gasteiger partial charge in [-0.25, -0.2) is 4.39 Å². The smallest absolute Gasteiger partial charge is 0.255 e. The van der Waals surface area contributed by atoms with Crippen molar-refractivity contribution in [1.29, 1.82) is 0 Å². The highest BCUT2D eigenvalue weighted by Gasteiger charge is 2.64. The van der Waals surface area contributed by atoms with E-state index in [0.717, 1.165) is 6.07 Å². The zero-order valence-corrected chi connectivity index (χ0v) is 17.6. The number of phenols is 1. The number of hydrogen-bond acceptors (Lipinski definition) is 8. The Balaban J connectivity index is 2.00. The van der Waals surface area contributed by atoms with E-state index >= 15 is 0 Å². The monoisotopic (exact) mass is 446 g/mol. The summed E-state index contributed by atoms with van der Waals surface area (Å²) in [5.74, 6) is -8.75. The number of likely N-dealkylation sites (N-methyl/N-ethyl adjacent to an activating group) is 1. The van der Waals surface area contributed by atoms with Crippen LogP contribution in [0.2, 0.25) is 0 Å². The number of aliphatic hydroxyl groups is 3. The number of rotatable bonds is 2. The molecule has 6 N–H and O–H groups in total. The summed E-state index contributed by atoms with van der Waals surface area (Å²) >= 11 is 0. The summed E-state index contributed by atoms with van der Waals surface area (Å²) in [4.78, 5) is 39.8. The van der Waals surface area contributed by atoms with E-state index in [2.05, 4.69) is 0 Å². The van der Waals surface area contributed by atoms with E-state index in [1.54, 1.807) is 6.92 Å². The van der Waals surface area contributed by atoms with Gasteiger partial charge in [0.15, 0.2) is 23.0 Å². The predicted molar refractivity (Wildman–Crippen MR) is 109 cm³/mol. The van der Waals surface area contributed by atoms with Crippen molar-refractivity contribution in [3.8, 4) is 5.75 Å².